The molecule has 2 aromatic carbocycles. The highest BCUT2D eigenvalue weighted by Gasteiger charge is 2.42. The molecule has 2 atom stereocenters. The number of thiocarbonyl (C=S) groups is 1. The zero-order chi connectivity index (χ0) is 23.7. The van der Waals surface area contributed by atoms with Gasteiger partial charge in [0.25, 0.3) is 0 Å². The number of anilines is 1. The zero-order valence-electron chi connectivity index (χ0n) is 19.0. The van der Waals surface area contributed by atoms with Gasteiger partial charge in [0.05, 0.1) is 18.3 Å². The summed E-state index contributed by atoms with van der Waals surface area (Å²) in [4.78, 5) is 6.87. The first-order valence-corrected chi connectivity index (χ1v) is 12.4. The lowest BCUT2D eigenvalue weighted by atomic mass is 10.0. The number of halogens is 1. The van der Waals surface area contributed by atoms with Crippen LogP contribution in [0.5, 0.6) is 5.75 Å². The van der Waals surface area contributed by atoms with E-state index in [9.17, 15) is 0 Å². The minimum atomic E-state index is -0.103. The van der Waals surface area contributed by atoms with Crippen LogP contribution in [-0.4, -0.2) is 21.3 Å². The second kappa shape index (κ2) is 9.60. The van der Waals surface area contributed by atoms with Crippen molar-refractivity contribution in [3.05, 3.63) is 107 Å². The molecule has 3 heterocycles. The number of ether oxygens (including phenoxy) is 1. The lowest BCUT2D eigenvalue weighted by Gasteiger charge is -2.29. The Morgan fingerprint density at radius 2 is 1.82 bits per heavy atom. The number of hydrogen-bond acceptors (Lipinski definition) is 3. The smallest absolute Gasteiger partial charge is 0.174 e. The summed E-state index contributed by atoms with van der Waals surface area (Å²) >= 11 is 9.51. The van der Waals surface area contributed by atoms with E-state index >= 15 is 0 Å². The van der Waals surface area contributed by atoms with Crippen molar-refractivity contribution in [2.24, 2.45) is 0 Å². The van der Waals surface area contributed by atoms with E-state index < -0.39 is 0 Å². The molecule has 172 valence electrons. The summed E-state index contributed by atoms with van der Waals surface area (Å²) in [5, 5.41) is 4.23. The molecule has 0 amide bonds. The first-order valence-electron chi connectivity index (χ1n) is 11.2. The third kappa shape index (κ3) is 4.21. The van der Waals surface area contributed by atoms with Gasteiger partial charge in [-0.25, -0.2) is 0 Å². The first-order chi connectivity index (χ1) is 16.6. The molecule has 2 aromatic heterocycles. The van der Waals surface area contributed by atoms with Gasteiger partial charge in [0.1, 0.15) is 11.8 Å². The summed E-state index contributed by atoms with van der Waals surface area (Å²) in [5.74, 6) is 0.863. The number of pyridine rings is 1. The lowest BCUT2D eigenvalue weighted by Crippen LogP contribution is -2.30. The van der Waals surface area contributed by atoms with Crippen LogP contribution < -0.4 is 15.0 Å². The summed E-state index contributed by atoms with van der Waals surface area (Å²) in [6.45, 7) is 4.73. The Labute approximate surface area is 213 Å². The summed E-state index contributed by atoms with van der Waals surface area (Å²) in [6, 6.07) is 24.6. The van der Waals surface area contributed by atoms with Crippen LogP contribution in [0.25, 0.3) is 5.69 Å². The predicted octanol–water partition coefficient (Wildman–Crippen LogP) is 6.52. The molecule has 1 N–H and O–H groups in total. The van der Waals surface area contributed by atoms with Crippen LogP contribution in [0.4, 0.5) is 5.69 Å². The second-order valence-electron chi connectivity index (χ2n) is 8.16. The minimum absolute atomic E-state index is 0.0930. The van der Waals surface area contributed by atoms with Crippen molar-refractivity contribution >= 4 is 38.9 Å². The summed E-state index contributed by atoms with van der Waals surface area (Å²) in [5.41, 5.74) is 5.33. The van der Waals surface area contributed by atoms with Crippen molar-refractivity contribution in [1.82, 2.24) is 14.9 Å². The average molecular weight is 533 g/mol. The van der Waals surface area contributed by atoms with Gasteiger partial charge in [0, 0.05) is 33.9 Å². The second-order valence-corrected chi connectivity index (χ2v) is 9.40. The minimum Gasteiger partial charge on any atom is -0.494 e. The standard InChI is InChI=1S/C27H25BrN4OS/c1-3-33-21-12-9-19(10-13-21)31-16-6-8-24(31)26-25(23-7-4-5-15-29-23)30-27(34)32(26)20-11-14-22(28)18(2)17-20/h4-17,25-26H,3H2,1-2H3,(H,30,34)/t25-,26-/m1/s1. The zero-order valence-corrected chi connectivity index (χ0v) is 21.4. The molecule has 0 saturated carbocycles. The van der Waals surface area contributed by atoms with Gasteiger partial charge < -0.3 is 19.5 Å². The van der Waals surface area contributed by atoms with E-state index in [1.807, 2.05) is 43.5 Å². The average Bonchev–Trinajstić information content (AvgIpc) is 3.46. The maximum absolute atomic E-state index is 5.88. The van der Waals surface area contributed by atoms with Gasteiger partial charge in [-0.15, -0.1) is 0 Å². The topological polar surface area (TPSA) is 42.3 Å². The van der Waals surface area contributed by atoms with E-state index in [4.69, 9.17) is 17.0 Å². The molecule has 4 aromatic rings. The molecule has 34 heavy (non-hydrogen) atoms. The summed E-state index contributed by atoms with van der Waals surface area (Å²) < 4.78 is 8.92. The normalized spacial score (nSPS) is 17.6. The van der Waals surface area contributed by atoms with Crippen molar-refractivity contribution < 1.29 is 4.74 Å². The molecule has 0 aliphatic carbocycles. The molecule has 1 saturated heterocycles. The van der Waals surface area contributed by atoms with Gasteiger partial charge in [0.15, 0.2) is 5.11 Å². The van der Waals surface area contributed by atoms with Crippen molar-refractivity contribution in [1.29, 1.82) is 0 Å². The summed E-state index contributed by atoms with van der Waals surface area (Å²) in [7, 11) is 0. The van der Waals surface area contributed by atoms with E-state index in [1.54, 1.807) is 0 Å². The van der Waals surface area contributed by atoms with Gasteiger partial charge in [-0.2, -0.15) is 0 Å². The fourth-order valence-electron chi connectivity index (χ4n) is 4.45. The van der Waals surface area contributed by atoms with Crippen molar-refractivity contribution in [2.75, 3.05) is 11.5 Å². The molecule has 5 nitrogen and oxygen atoms in total. The van der Waals surface area contributed by atoms with Crippen LogP contribution >= 0.6 is 28.1 Å². The number of aryl methyl sites for hydroxylation is 1. The molecule has 1 fully saturated rings. The van der Waals surface area contributed by atoms with Crippen molar-refractivity contribution in [3.63, 3.8) is 0 Å². The Balaban J connectivity index is 1.62. The van der Waals surface area contributed by atoms with Gasteiger partial charge in [-0.1, -0.05) is 22.0 Å². The Morgan fingerprint density at radius 1 is 1.03 bits per heavy atom. The van der Waals surface area contributed by atoms with Gasteiger partial charge >= 0.3 is 0 Å². The highest BCUT2D eigenvalue weighted by molar-refractivity contribution is 9.10. The van der Waals surface area contributed by atoms with Crippen molar-refractivity contribution in [3.8, 4) is 11.4 Å². The number of benzene rings is 2. The first kappa shape index (κ1) is 22.6. The highest BCUT2D eigenvalue weighted by Crippen LogP contribution is 2.42. The molecule has 7 heteroatoms. The fourth-order valence-corrected chi connectivity index (χ4v) is 5.04. The number of aromatic nitrogens is 2. The van der Waals surface area contributed by atoms with Crippen LogP contribution in [0.3, 0.4) is 0 Å². The van der Waals surface area contributed by atoms with Gasteiger partial charge in [-0.05, 0) is 98.4 Å². The molecule has 0 bridgehead atoms. The van der Waals surface area contributed by atoms with Crippen LogP contribution in [0.2, 0.25) is 0 Å². The van der Waals surface area contributed by atoms with Crippen LogP contribution in [-0.2, 0) is 0 Å². The van der Waals surface area contributed by atoms with Gasteiger partial charge in [-0.3, -0.25) is 4.98 Å². The van der Waals surface area contributed by atoms with Crippen molar-refractivity contribution in [2.45, 2.75) is 25.9 Å². The van der Waals surface area contributed by atoms with E-state index in [1.165, 1.54) is 0 Å². The van der Waals surface area contributed by atoms with E-state index in [0.717, 1.165) is 38.5 Å². The number of hydrogen-bond donors (Lipinski definition) is 1. The fraction of sp³-hybridized carbons (Fsp3) is 0.185. The van der Waals surface area contributed by atoms with Crippen LogP contribution in [0, 0.1) is 6.92 Å². The molecule has 5 rings (SSSR count). The molecular weight excluding hydrogens is 508 g/mol. The number of rotatable bonds is 6. The maximum Gasteiger partial charge on any atom is 0.174 e. The van der Waals surface area contributed by atoms with Crippen LogP contribution in [0.1, 0.15) is 36.0 Å². The van der Waals surface area contributed by atoms with E-state index in [0.29, 0.717) is 11.7 Å². The maximum atomic E-state index is 5.88. The SMILES string of the molecule is CCOc1ccc(-n2cccc2[C@@H]2[C@@H](c3ccccn3)NC(=S)N2c2ccc(Br)c(C)c2)cc1. The quantitative estimate of drug-likeness (QED) is 0.286. The van der Waals surface area contributed by atoms with Crippen LogP contribution in [0.15, 0.2) is 89.7 Å². The lowest BCUT2D eigenvalue weighted by molar-refractivity contribution is 0.340. The van der Waals surface area contributed by atoms with Gasteiger partial charge in [0.2, 0.25) is 0 Å². The molecule has 1 aliphatic rings. The molecule has 0 unspecified atom stereocenters. The largest absolute Gasteiger partial charge is 0.494 e. The Morgan fingerprint density at radius 3 is 2.53 bits per heavy atom. The Kier molecular flexibility index (Phi) is 6.39. The molecule has 0 spiro atoms. The third-order valence-corrected chi connectivity index (χ3v) is 7.23. The monoisotopic (exact) mass is 532 g/mol. The van der Waals surface area contributed by atoms with E-state index in [-0.39, 0.29) is 12.1 Å². The Hall–Kier alpha value is -3.16. The molecule has 0 radical (unpaired) electrons. The third-order valence-electron chi connectivity index (χ3n) is 6.03. The van der Waals surface area contributed by atoms with E-state index in [2.05, 4.69) is 91.3 Å². The molecular formula is C27H25BrN4OS. The number of nitrogens with zero attached hydrogens (tertiary/aromatic N) is 3. The highest BCUT2D eigenvalue weighted by atomic mass is 79.9. The molecule has 1 aliphatic heterocycles. The Bertz CT molecular complexity index is 1310. The summed E-state index contributed by atoms with van der Waals surface area (Å²) in [6.07, 6.45) is 3.92. The predicted molar refractivity (Wildman–Crippen MR) is 144 cm³/mol. The number of nitrogens with one attached hydrogen (secondary N) is 1.